The van der Waals surface area contributed by atoms with Crippen molar-refractivity contribution in [3.63, 3.8) is 0 Å². The van der Waals surface area contributed by atoms with E-state index in [1.807, 2.05) is 51.1 Å². The lowest BCUT2D eigenvalue weighted by Crippen LogP contribution is -2.45. The van der Waals surface area contributed by atoms with Crippen LogP contribution in [0.15, 0.2) is 54.7 Å². The Bertz CT molecular complexity index is 1610. The molecule has 0 radical (unpaired) electrons. The lowest BCUT2D eigenvalue weighted by molar-refractivity contribution is 0.0342. The molecule has 2 fully saturated rings. The highest BCUT2D eigenvalue weighted by Gasteiger charge is 2.27. The lowest BCUT2D eigenvalue weighted by atomic mass is 9.91. The standard InChI is InChI=1S/C36H43FN4O7/c1-36(2,3)48-35(44)40-28-11-9-27(10-12-28)39-32(42)31-20-26(37)21-38-33(31)47-29-7-5-6-23(19-29)30-13-8-24(34(43)45-4)18-25(30)22-41-14-16-46-17-15-41/h5-8,13,18-21,27-28H,9-12,14-17,22H2,1-4H3,(H,39,42)(H,40,44)/t27-,28-. The number of nitrogens with one attached hydrogen (secondary N) is 2. The van der Waals surface area contributed by atoms with Gasteiger partial charge in [-0.05, 0) is 93.5 Å². The summed E-state index contributed by atoms with van der Waals surface area (Å²) in [5, 5.41) is 5.88. The van der Waals surface area contributed by atoms with Gasteiger partial charge in [-0.2, -0.15) is 0 Å². The zero-order valence-electron chi connectivity index (χ0n) is 27.8. The van der Waals surface area contributed by atoms with Gasteiger partial charge in [0.2, 0.25) is 5.88 Å². The second-order valence-corrected chi connectivity index (χ2v) is 13.1. The summed E-state index contributed by atoms with van der Waals surface area (Å²) < 4.78 is 36.3. The van der Waals surface area contributed by atoms with Crippen molar-refractivity contribution in [2.75, 3.05) is 33.4 Å². The van der Waals surface area contributed by atoms with Crippen molar-refractivity contribution < 1.29 is 37.7 Å². The Kier molecular flexibility index (Phi) is 11.3. The molecule has 1 aliphatic heterocycles. The molecule has 2 heterocycles. The molecule has 0 atom stereocenters. The largest absolute Gasteiger partial charge is 0.465 e. The molecule has 12 heteroatoms. The van der Waals surface area contributed by atoms with Gasteiger partial charge in [-0.25, -0.2) is 19.0 Å². The van der Waals surface area contributed by atoms with E-state index in [9.17, 15) is 18.8 Å². The Labute approximate surface area is 280 Å². The van der Waals surface area contributed by atoms with E-state index in [0.717, 1.165) is 42.0 Å². The first kappa shape index (κ1) is 34.8. The number of ether oxygens (including phenoxy) is 4. The molecule has 0 bridgehead atoms. The zero-order chi connectivity index (χ0) is 34.3. The molecular formula is C36H43FN4O7. The molecule has 1 aromatic heterocycles. The van der Waals surface area contributed by atoms with E-state index in [2.05, 4.69) is 20.5 Å². The van der Waals surface area contributed by atoms with Crippen molar-refractivity contribution in [3.05, 3.63) is 77.2 Å². The summed E-state index contributed by atoms with van der Waals surface area (Å²) in [7, 11) is 1.35. The van der Waals surface area contributed by atoms with E-state index in [-0.39, 0.29) is 23.5 Å². The number of alkyl carbamates (subject to hydrolysis) is 1. The number of nitrogens with zero attached hydrogens (tertiary/aromatic N) is 2. The minimum Gasteiger partial charge on any atom is -0.465 e. The number of carbonyl (C=O) groups is 3. The van der Waals surface area contributed by atoms with E-state index in [0.29, 0.717) is 56.8 Å². The van der Waals surface area contributed by atoms with Crippen LogP contribution >= 0.6 is 0 Å². The quantitative estimate of drug-likeness (QED) is 0.271. The smallest absolute Gasteiger partial charge is 0.407 e. The molecule has 48 heavy (non-hydrogen) atoms. The van der Waals surface area contributed by atoms with Crippen molar-refractivity contribution in [1.82, 2.24) is 20.5 Å². The number of hydrogen-bond acceptors (Lipinski definition) is 9. The molecule has 2 N–H and O–H groups in total. The van der Waals surface area contributed by atoms with E-state index < -0.39 is 29.4 Å². The number of pyridine rings is 1. The maximum atomic E-state index is 14.4. The van der Waals surface area contributed by atoms with Crippen LogP contribution in [0.3, 0.4) is 0 Å². The van der Waals surface area contributed by atoms with E-state index in [4.69, 9.17) is 18.9 Å². The fraction of sp³-hybridized carbons (Fsp3) is 0.444. The molecule has 5 rings (SSSR count). The summed E-state index contributed by atoms with van der Waals surface area (Å²) in [5.41, 5.74) is 2.52. The van der Waals surface area contributed by atoms with Gasteiger partial charge in [-0.1, -0.05) is 18.2 Å². The average molecular weight is 663 g/mol. The monoisotopic (exact) mass is 662 g/mol. The van der Waals surface area contributed by atoms with Gasteiger partial charge in [0.1, 0.15) is 22.7 Å². The lowest BCUT2D eigenvalue weighted by Gasteiger charge is -2.30. The second kappa shape index (κ2) is 15.6. The molecule has 2 aromatic carbocycles. The summed E-state index contributed by atoms with van der Waals surface area (Å²) in [6, 6.07) is 13.7. The molecule has 1 saturated carbocycles. The van der Waals surface area contributed by atoms with Gasteiger partial charge in [0.25, 0.3) is 5.91 Å². The summed E-state index contributed by atoms with van der Waals surface area (Å²) in [6.45, 7) is 8.87. The number of esters is 1. The van der Waals surface area contributed by atoms with Crippen molar-refractivity contribution >= 4 is 18.0 Å². The number of morpholine rings is 1. The Morgan fingerprint density at radius 2 is 1.69 bits per heavy atom. The highest BCUT2D eigenvalue weighted by Crippen LogP contribution is 2.32. The van der Waals surface area contributed by atoms with Crippen LogP contribution in [0.1, 0.15) is 72.7 Å². The third-order valence-corrected chi connectivity index (χ3v) is 8.23. The van der Waals surface area contributed by atoms with Crippen LogP contribution in [-0.2, 0) is 20.8 Å². The third kappa shape index (κ3) is 9.51. The normalized spacial score (nSPS) is 18.4. The maximum Gasteiger partial charge on any atom is 0.407 e. The third-order valence-electron chi connectivity index (χ3n) is 8.23. The molecule has 2 amide bonds. The first-order valence-electron chi connectivity index (χ1n) is 16.2. The molecular weight excluding hydrogens is 619 g/mol. The van der Waals surface area contributed by atoms with Crippen LogP contribution < -0.4 is 15.4 Å². The summed E-state index contributed by atoms with van der Waals surface area (Å²) in [4.78, 5) is 44.3. The Morgan fingerprint density at radius 3 is 2.38 bits per heavy atom. The topological polar surface area (TPSA) is 128 Å². The van der Waals surface area contributed by atoms with E-state index in [1.54, 1.807) is 12.1 Å². The highest BCUT2D eigenvalue weighted by molar-refractivity contribution is 5.96. The highest BCUT2D eigenvalue weighted by atomic mass is 19.1. The summed E-state index contributed by atoms with van der Waals surface area (Å²) in [5.74, 6) is -1.20. The summed E-state index contributed by atoms with van der Waals surface area (Å²) in [6.07, 6.45) is 3.14. The molecule has 11 nitrogen and oxygen atoms in total. The zero-order valence-corrected chi connectivity index (χ0v) is 27.8. The van der Waals surface area contributed by atoms with Crippen molar-refractivity contribution in [3.8, 4) is 22.8 Å². The first-order chi connectivity index (χ1) is 23.0. The fourth-order valence-corrected chi connectivity index (χ4v) is 5.88. The predicted molar refractivity (Wildman–Crippen MR) is 176 cm³/mol. The van der Waals surface area contributed by atoms with Crippen LogP contribution in [-0.4, -0.2) is 79.0 Å². The van der Waals surface area contributed by atoms with Crippen LogP contribution in [0.2, 0.25) is 0 Å². The summed E-state index contributed by atoms with van der Waals surface area (Å²) >= 11 is 0. The fourth-order valence-electron chi connectivity index (χ4n) is 5.88. The maximum absolute atomic E-state index is 14.4. The average Bonchev–Trinajstić information content (AvgIpc) is 3.06. The molecule has 2 aliphatic rings. The minimum absolute atomic E-state index is 0.0233. The molecule has 1 saturated heterocycles. The Morgan fingerprint density at radius 1 is 0.979 bits per heavy atom. The number of methoxy groups -OCH3 is 1. The molecule has 0 unspecified atom stereocenters. The van der Waals surface area contributed by atoms with Gasteiger partial charge in [-0.3, -0.25) is 9.69 Å². The number of hydrogen-bond donors (Lipinski definition) is 2. The van der Waals surface area contributed by atoms with Gasteiger partial charge in [-0.15, -0.1) is 0 Å². The van der Waals surface area contributed by atoms with E-state index in [1.165, 1.54) is 7.11 Å². The number of amides is 2. The number of rotatable bonds is 9. The minimum atomic E-state index is -0.662. The molecule has 256 valence electrons. The number of benzene rings is 2. The van der Waals surface area contributed by atoms with Crippen LogP contribution in [0.25, 0.3) is 11.1 Å². The van der Waals surface area contributed by atoms with Gasteiger partial charge >= 0.3 is 12.1 Å². The molecule has 3 aromatic rings. The first-order valence-corrected chi connectivity index (χ1v) is 16.2. The van der Waals surface area contributed by atoms with Crippen molar-refractivity contribution in [2.24, 2.45) is 0 Å². The second-order valence-electron chi connectivity index (χ2n) is 13.1. The van der Waals surface area contributed by atoms with Gasteiger partial charge in [0, 0.05) is 31.7 Å². The van der Waals surface area contributed by atoms with E-state index >= 15 is 0 Å². The molecule has 1 aliphatic carbocycles. The number of aromatic nitrogens is 1. The Hall–Kier alpha value is -4.55. The van der Waals surface area contributed by atoms with Crippen molar-refractivity contribution in [2.45, 2.75) is 70.7 Å². The SMILES string of the molecule is COC(=O)c1ccc(-c2cccc(Oc3ncc(F)cc3C(=O)N[C@H]3CC[C@H](NC(=O)OC(C)(C)C)CC3)c2)c(CN2CCOCC2)c1. The van der Waals surface area contributed by atoms with Gasteiger partial charge < -0.3 is 29.6 Å². The van der Waals surface area contributed by atoms with Gasteiger partial charge in [0.15, 0.2) is 0 Å². The number of halogens is 1. The Balaban J connectivity index is 1.29. The van der Waals surface area contributed by atoms with Crippen LogP contribution in [0.5, 0.6) is 11.6 Å². The van der Waals surface area contributed by atoms with Crippen LogP contribution in [0, 0.1) is 5.82 Å². The predicted octanol–water partition coefficient (Wildman–Crippen LogP) is 5.86. The van der Waals surface area contributed by atoms with Gasteiger partial charge in [0.05, 0.1) is 32.1 Å². The van der Waals surface area contributed by atoms with Crippen molar-refractivity contribution in [1.29, 1.82) is 0 Å². The number of carbonyl (C=O) groups excluding carboxylic acids is 3. The van der Waals surface area contributed by atoms with Crippen LogP contribution in [0.4, 0.5) is 9.18 Å². The molecule has 0 spiro atoms.